The molecule has 0 bridgehead atoms. The molecule has 1 unspecified atom stereocenters. The smallest absolute Gasteiger partial charge is 0.161 e. The lowest BCUT2D eigenvalue weighted by Gasteiger charge is -2.16. The summed E-state index contributed by atoms with van der Waals surface area (Å²) in [6, 6.07) is 6.07. The van der Waals surface area contributed by atoms with Crippen LogP contribution < -0.4 is 14.8 Å². The third-order valence-corrected chi connectivity index (χ3v) is 3.61. The van der Waals surface area contributed by atoms with Crippen molar-refractivity contribution in [2.75, 3.05) is 13.7 Å². The highest BCUT2D eigenvalue weighted by atomic mass is 35.5. The van der Waals surface area contributed by atoms with Crippen molar-refractivity contribution >= 4 is 11.6 Å². The van der Waals surface area contributed by atoms with E-state index in [1.807, 2.05) is 24.3 Å². The zero-order valence-electron chi connectivity index (χ0n) is 10.3. The molecule has 0 aromatic heterocycles. The second kappa shape index (κ2) is 4.82. The first-order chi connectivity index (χ1) is 8.78. The molecule has 3 rings (SSSR count). The molecule has 0 saturated heterocycles. The lowest BCUT2D eigenvalue weighted by atomic mass is 10.1. The minimum Gasteiger partial charge on any atom is -0.493 e. The number of methoxy groups -OCH3 is 1. The molecule has 1 aliphatic carbocycles. The summed E-state index contributed by atoms with van der Waals surface area (Å²) in [4.78, 5) is 0. The fourth-order valence-electron chi connectivity index (χ4n) is 2.10. The summed E-state index contributed by atoms with van der Waals surface area (Å²) < 4.78 is 11.2. The SMILES string of the molecule is COc1ccc(C2NCC=C2Cl)cc1OC1CC1. The lowest BCUT2D eigenvalue weighted by Crippen LogP contribution is -2.15. The van der Waals surface area contributed by atoms with Gasteiger partial charge in [-0.15, -0.1) is 0 Å². The van der Waals surface area contributed by atoms with Gasteiger partial charge in [0.15, 0.2) is 11.5 Å². The van der Waals surface area contributed by atoms with Crippen LogP contribution in [0.5, 0.6) is 11.5 Å². The first-order valence-electron chi connectivity index (χ1n) is 6.21. The van der Waals surface area contributed by atoms with Gasteiger partial charge < -0.3 is 14.8 Å². The Morgan fingerprint density at radius 1 is 1.28 bits per heavy atom. The van der Waals surface area contributed by atoms with E-state index in [0.717, 1.165) is 41.5 Å². The first-order valence-corrected chi connectivity index (χ1v) is 6.59. The Hall–Kier alpha value is -1.19. The van der Waals surface area contributed by atoms with E-state index in [4.69, 9.17) is 21.1 Å². The third kappa shape index (κ3) is 2.33. The van der Waals surface area contributed by atoms with Gasteiger partial charge in [0.25, 0.3) is 0 Å². The summed E-state index contributed by atoms with van der Waals surface area (Å²) in [6.07, 6.45) is 4.63. The molecule has 0 radical (unpaired) electrons. The number of rotatable bonds is 4. The van der Waals surface area contributed by atoms with Crippen LogP contribution in [-0.4, -0.2) is 19.8 Å². The number of benzene rings is 1. The lowest BCUT2D eigenvalue weighted by molar-refractivity contribution is 0.281. The summed E-state index contributed by atoms with van der Waals surface area (Å²) in [5.74, 6) is 1.60. The van der Waals surface area contributed by atoms with Crippen LogP contribution in [0.2, 0.25) is 0 Å². The van der Waals surface area contributed by atoms with Crippen molar-refractivity contribution in [3.63, 3.8) is 0 Å². The van der Waals surface area contributed by atoms with Crippen molar-refractivity contribution in [1.29, 1.82) is 0 Å². The summed E-state index contributed by atoms with van der Waals surface area (Å²) in [7, 11) is 1.66. The van der Waals surface area contributed by atoms with Crippen molar-refractivity contribution in [3.8, 4) is 11.5 Å². The summed E-state index contributed by atoms with van der Waals surface area (Å²) in [5, 5.41) is 4.18. The number of hydrogen-bond donors (Lipinski definition) is 1. The molecule has 1 N–H and O–H groups in total. The molecule has 0 amide bonds. The second-order valence-corrected chi connectivity index (χ2v) is 5.09. The first kappa shape index (κ1) is 11.9. The van der Waals surface area contributed by atoms with E-state index in [1.54, 1.807) is 7.11 Å². The third-order valence-electron chi connectivity index (χ3n) is 3.23. The Bertz CT molecular complexity index is 483. The van der Waals surface area contributed by atoms with Crippen molar-refractivity contribution in [2.24, 2.45) is 0 Å². The van der Waals surface area contributed by atoms with Crippen molar-refractivity contribution < 1.29 is 9.47 Å². The van der Waals surface area contributed by atoms with E-state index in [1.165, 1.54) is 0 Å². The summed E-state index contributed by atoms with van der Waals surface area (Å²) in [6.45, 7) is 0.814. The van der Waals surface area contributed by atoms with Gasteiger partial charge in [0.1, 0.15) is 0 Å². The molecule has 1 fully saturated rings. The van der Waals surface area contributed by atoms with Crippen molar-refractivity contribution in [1.82, 2.24) is 5.32 Å². The van der Waals surface area contributed by atoms with Gasteiger partial charge in [0.05, 0.1) is 19.3 Å². The molecule has 4 heteroatoms. The molecule has 1 saturated carbocycles. The van der Waals surface area contributed by atoms with Gasteiger partial charge in [-0.1, -0.05) is 23.7 Å². The standard InChI is InChI=1S/C14H16ClNO2/c1-17-12-5-2-9(14-11(15)6-7-16-14)8-13(12)18-10-3-4-10/h2,5-6,8,10,14,16H,3-4,7H2,1H3. The molecule has 3 nitrogen and oxygen atoms in total. The molecular formula is C14H16ClNO2. The van der Waals surface area contributed by atoms with E-state index in [0.29, 0.717) is 6.10 Å². The molecule has 1 aliphatic heterocycles. The van der Waals surface area contributed by atoms with Gasteiger partial charge in [-0.2, -0.15) is 0 Å². The second-order valence-electron chi connectivity index (χ2n) is 4.66. The van der Waals surface area contributed by atoms with Gasteiger partial charge in [-0.3, -0.25) is 0 Å². The van der Waals surface area contributed by atoms with Crippen LogP contribution in [0.15, 0.2) is 29.3 Å². The fourth-order valence-corrected chi connectivity index (χ4v) is 2.38. The van der Waals surface area contributed by atoms with Gasteiger partial charge in [-0.05, 0) is 30.5 Å². The highest BCUT2D eigenvalue weighted by molar-refractivity contribution is 6.30. The van der Waals surface area contributed by atoms with Crippen LogP contribution in [0.4, 0.5) is 0 Å². The predicted octanol–water partition coefficient (Wildman–Crippen LogP) is 3.00. The highest BCUT2D eigenvalue weighted by Crippen LogP contribution is 2.37. The van der Waals surface area contributed by atoms with Gasteiger partial charge >= 0.3 is 0 Å². The Morgan fingerprint density at radius 2 is 2.11 bits per heavy atom. The number of ether oxygens (including phenoxy) is 2. The largest absolute Gasteiger partial charge is 0.493 e. The Kier molecular flexibility index (Phi) is 3.18. The average Bonchev–Trinajstić information content (AvgIpc) is 3.09. The Labute approximate surface area is 112 Å². The molecular weight excluding hydrogens is 250 g/mol. The van der Waals surface area contributed by atoms with Crippen molar-refractivity contribution in [3.05, 3.63) is 34.9 Å². The summed E-state index contributed by atoms with van der Waals surface area (Å²) in [5.41, 5.74) is 1.12. The van der Waals surface area contributed by atoms with Crippen LogP contribution in [0.3, 0.4) is 0 Å². The quantitative estimate of drug-likeness (QED) is 0.908. The number of hydrogen-bond acceptors (Lipinski definition) is 3. The molecule has 96 valence electrons. The van der Waals surface area contributed by atoms with Gasteiger partial charge in [0.2, 0.25) is 0 Å². The van der Waals surface area contributed by atoms with Crippen LogP contribution in [0.25, 0.3) is 0 Å². The van der Waals surface area contributed by atoms with Gasteiger partial charge in [-0.25, -0.2) is 0 Å². The minimum absolute atomic E-state index is 0.0825. The molecule has 1 aromatic carbocycles. The van der Waals surface area contributed by atoms with Gasteiger partial charge in [0, 0.05) is 11.6 Å². The molecule has 0 spiro atoms. The van der Waals surface area contributed by atoms with Crippen LogP contribution in [-0.2, 0) is 0 Å². The van der Waals surface area contributed by atoms with E-state index in [9.17, 15) is 0 Å². The molecule has 18 heavy (non-hydrogen) atoms. The van der Waals surface area contributed by atoms with Crippen LogP contribution >= 0.6 is 11.6 Å². The number of halogens is 1. The molecule has 2 aliphatic rings. The minimum atomic E-state index is 0.0825. The Morgan fingerprint density at radius 3 is 2.72 bits per heavy atom. The summed E-state index contributed by atoms with van der Waals surface area (Å²) >= 11 is 6.18. The van der Waals surface area contributed by atoms with E-state index in [-0.39, 0.29) is 6.04 Å². The Balaban J connectivity index is 1.88. The highest BCUT2D eigenvalue weighted by Gasteiger charge is 2.26. The van der Waals surface area contributed by atoms with Crippen molar-refractivity contribution in [2.45, 2.75) is 25.0 Å². The van der Waals surface area contributed by atoms with E-state index >= 15 is 0 Å². The maximum absolute atomic E-state index is 6.18. The van der Waals surface area contributed by atoms with Crippen LogP contribution in [0, 0.1) is 0 Å². The molecule has 1 heterocycles. The normalized spacial score (nSPS) is 22.8. The molecule has 1 atom stereocenters. The van der Waals surface area contributed by atoms with E-state index < -0.39 is 0 Å². The predicted molar refractivity (Wildman–Crippen MR) is 71.3 cm³/mol. The van der Waals surface area contributed by atoms with Crippen LogP contribution in [0.1, 0.15) is 24.4 Å². The number of nitrogens with one attached hydrogen (secondary N) is 1. The van der Waals surface area contributed by atoms with E-state index in [2.05, 4.69) is 5.32 Å². The monoisotopic (exact) mass is 265 g/mol. The fraction of sp³-hybridized carbons (Fsp3) is 0.429. The zero-order valence-corrected chi connectivity index (χ0v) is 11.0. The molecule has 1 aromatic rings. The zero-order chi connectivity index (χ0) is 12.5. The maximum atomic E-state index is 6.18. The topological polar surface area (TPSA) is 30.5 Å². The maximum Gasteiger partial charge on any atom is 0.161 e. The average molecular weight is 266 g/mol.